The van der Waals surface area contributed by atoms with Crippen LogP contribution in [0.5, 0.6) is 0 Å². The van der Waals surface area contributed by atoms with Gasteiger partial charge in [0.1, 0.15) is 12.6 Å². The van der Waals surface area contributed by atoms with Crippen molar-refractivity contribution in [1.82, 2.24) is 10.2 Å². The van der Waals surface area contributed by atoms with Crippen LogP contribution in [0, 0.1) is 6.92 Å². The molecule has 0 radical (unpaired) electrons. The Hall–Kier alpha value is -3.36. The van der Waals surface area contributed by atoms with Crippen molar-refractivity contribution < 1.29 is 18.0 Å². The molecule has 0 unspecified atom stereocenters. The van der Waals surface area contributed by atoms with Crippen LogP contribution in [-0.2, 0) is 26.2 Å². The van der Waals surface area contributed by atoms with E-state index in [-0.39, 0.29) is 23.4 Å². The molecule has 3 aromatic carbocycles. The molecule has 0 aromatic heterocycles. The monoisotopic (exact) mass is 581 g/mol. The van der Waals surface area contributed by atoms with Crippen LogP contribution in [-0.4, -0.2) is 43.8 Å². The number of carbonyl (C=O) groups is 2. The van der Waals surface area contributed by atoms with Crippen molar-refractivity contribution in [2.24, 2.45) is 0 Å². The summed E-state index contributed by atoms with van der Waals surface area (Å²) in [6.45, 7) is 3.33. The molecule has 1 fully saturated rings. The molecule has 0 spiro atoms. The second-order valence-electron chi connectivity index (χ2n) is 10.2. The zero-order valence-corrected chi connectivity index (χ0v) is 24.5. The number of carbonyl (C=O) groups excluding carboxylic acids is 2. The lowest BCUT2D eigenvalue weighted by Gasteiger charge is -2.34. The van der Waals surface area contributed by atoms with Crippen LogP contribution >= 0.6 is 11.6 Å². The van der Waals surface area contributed by atoms with Crippen molar-refractivity contribution in [3.63, 3.8) is 0 Å². The third-order valence-corrected chi connectivity index (χ3v) is 9.33. The van der Waals surface area contributed by atoms with E-state index in [1.807, 2.05) is 37.3 Å². The van der Waals surface area contributed by atoms with E-state index in [1.54, 1.807) is 43.3 Å². The standard InChI is InChI=1S/C31H36ClN3O4S/c1-3-28(31(37)33-26-14-10-11-15-26)34(21-24-12-6-4-7-13-24)30(36)22-35(29-19-18-25(32)20-23(29)2)40(38,39)27-16-8-5-9-17-27/h4-9,12-13,16-20,26,28H,3,10-11,14-15,21-22H2,1-2H3,(H,33,37)/t28-/m0/s1. The zero-order chi connectivity index (χ0) is 28.7. The predicted molar refractivity (Wildman–Crippen MR) is 159 cm³/mol. The summed E-state index contributed by atoms with van der Waals surface area (Å²) < 4.78 is 29.0. The number of aryl methyl sites for hydroxylation is 1. The van der Waals surface area contributed by atoms with Crippen molar-refractivity contribution in [3.8, 4) is 0 Å². The number of amides is 2. The van der Waals surface area contributed by atoms with Crippen molar-refractivity contribution in [1.29, 1.82) is 0 Å². The van der Waals surface area contributed by atoms with E-state index in [0.29, 0.717) is 22.7 Å². The van der Waals surface area contributed by atoms with Gasteiger partial charge >= 0.3 is 0 Å². The van der Waals surface area contributed by atoms with Gasteiger partial charge in [-0.05, 0) is 67.6 Å². The summed E-state index contributed by atoms with van der Waals surface area (Å²) in [6.07, 6.45) is 4.38. The van der Waals surface area contributed by atoms with E-state index in [1.165, 1.54) is 17.0 Å². The van der Waals surface area contributed by atoms with Crippen LogP contribution in [0.15, 0.2) is 83.8 Å². The SMILES string of the molecule is CC[C@@H](C(=O)NC1CCCC1)N(Cc1ccccc1)C(=O)CN(c1ccc(Cl)cc1C)S(=O)(=O)c1ccccc1. The van der Waals surface area contributed by atoms with Gasteiger partial charge in [0.15, 0.2) is 0 Å². The van der Waals surface area contributed by atoms with Crippen molar-refractivity contribution in [3.05, 3.63) is 95.0 Å². The van der Waals surface area contributed by atoms with Gasteiger partial charge in [0.2, 0.25) is 11.8 Å². The summed E-state index contributed by atoms with van der Waals surface area (Å²) in [5.74, 6) is -0.676. The molecule has 1 N–H and O–H groups in total. The zero-order valence-electron chi connectivity index (χ0n) is 22.9. The quantitative estimate of drug-likeness (QED) is 0.314. The number of sulfonamides is 1. The van der Waals surface area contributed by atoms with Gasteiger partial charge in [-0.25, -0.2) is 8.42 Å². The predicted octanol–water partition coefficient (Wildman–Crippen LogP) is 5.71. The van der Waals surface area contributed by atoms with Gasteiger partial charge in [-0.1, -0.05) is 79.9 Å². The normalized spacial score (nSPS) is 14.5. The van der Waals surface area contributed by atoms with Crippen LogP contribution in [0.2, 0.25) is 5.02 Å². The second-order valence-corrected chi connectivity index (χ2v) is 12.5. The fourth-order valence-electron chi connectivity index (χ4n) is 5.20. The minimum atomic E-state index is -4.12. The average Bonchev–Trinajstić information content (AvgIpc) is 3.46. The Morgan fingerprint density at radius 3 is 2.20 bits per heavy atom. The van der Waals surface area contributed by atoms with Gasteiger partial charge in [-0.15, -0.1) is 0 Å². The number of benzene rings is 3. The van der Waals surface area contributed by atoms with Gasteiger partial charge in [-0.2, -0.15) is 0 Å². The Labute approximate surface area is 242 Å². The van der Waals surface area contributed by atoms with Crippen LogP contribution < -0.4 is 9.62 Å². The first kappa shape index (κ1) is 29.6. The van der Waals surface area contributed by atoms with Crippen molar-refractivity contribution in [2.75, 3.05) is 10.8 Å². The molecule has 0 bridgehead atoms. The Morgan fingerprint density at radius 2 is 1.60 bits per heavy atom. The highest BCUT2D eigenvalue weighted by molar-refractivity contribution is 7.92. The molecule has 0 heterocycles. The largest absolute Gasteiger partial charge is 0.352 e. The van der Waals surface area contributed by atoms with Crippen LogP contribution in [0.3, 0.4) is 0 Å². The molecule has 1 atom stereocenters. The molecule has 1 aliphatic carbocycles. The minimum Gasteiger partial charge on any atom is -0.352 e. The van der Waals surface area contributed by atoms with E-state index in [2.05, 4.69) is 5.32 Å². The lowest BCUT2D eigenvalue weighted by Crippen LogP contribution is -2.53. The van der Waals surface area contributed by atoms with Crippen LogP contribution in [0.4, 0.5) is 5.69 Å². The van der Waals surface area contributed by atoms with Gasteiger partial charge in [0.25, 0.3) is 10.0 Å². The number of hydrogen-bond donors (Lipinski definition) is 1. The van der Waals surface area contributed by atoms with Gasteiger partial charge in [0.05, 0.1) is 10.6 Å². The van der Waals surface area contributed by atoms with E-state index in [4.69, 9.17) is 11.6 Å². The summed E-state index contributed by atoms with van der Waals surface area (Å²) in [4.78, 5) is 29.2. The van der Waals surface area contributed by atoms with E-state index < -0.39 is 28.5 Å². The average molecular weight is 582 g/mol. The lowest BCUT2D eigenvalue weighted by atomic mass is 10.1. The molecular weight excluding hydrogens is 546 g/mol. The first-order valence-corrected chi connectivity index (χ1v) is 15.5. The summed E-state index contributed by atoms with van der Waals surface area (Å²) in [5.41, 5.74) is 1.81. The van der Waals surface area contributed by atoms with E-state index >= 15 is 0 Å². The van der Waals surface area contributed by atoms with Crippen molar-refractivity contribution >= 4 is 39.1 Å². The van der Waals surface area contributed by atoms with Gasteiger partial charge < -0.3 is 10.2 Å². The maximum atomic E-state index is 14.1. The molecule has 1 saturated carbocycles. The van der Waals surface area contributed by atoms with Crippen LogP contribution in [0.1, 0.15) is 50.2 Å². The Balaban J connectivity index is 1.72. The molecule has 2 amide bonds. The highest BCUT2D eigenvalue weighted by atomic mass is 35.5. The minimum absolute atomic E-state index is 0.0674. The van der Waals surface area contributed by atoms with Crippen LogP contribution in [0.25, 0.3) is 0 Å². The number of anilines is 1. The van der Waals surface area contributed by atoms with E-state index in [9.17, 15) is 18.0 Å². The number of hydrogen-bond acceptors (Lipinski definition) is 4. The van der Waals surface area contributed by atoms with E-state index in [0.717, 1.165) is 35.6 Å². The molecule has 4 rings (SSSR count). The maximum absolute atomic E-state index is 14.1. The molecule has 0 aliphatic heterocycles. The first-order valence-electron chi connectivity index (χ1n) is 13.7. The van der Waals surface area contributed by atoms with Gasteiger partial charge in [-0.3, -0.25) is 13.9 Å². The molecule has 212 valence electrons. The lowest BCUT2D eigenvalue weighted by molar-refractivity contribution is -0.140. The first-order chi connectivity index (χ1) is 19.2. The molecule has 1 aliphatic rings. The summed E-state index contributed by atoms with van der Waals surface area (Å²) in [7, 11) is -4.12. The summed E-state index contributed by atoms with van der Waals surface area (Å²) in [6, 6.07) is 21.7. The fraction of sp³-hybridized carbons (Fsp3) is 0.355. The molecule has 3 aromatic rings. The third kappa shape index (κ3) is 7.04. The Morgan fingerprint density at radius 1 is 0.975 bits per heavy atom. The molecular formula is C31H36ClN3O4S. The maximum Gasteiger partial charge on any atom is 0.264 e. The summed E-state index contributed by atoms with van der Waals surface area (Å²) in [5, 5.41) is 3.59. The third-order valence-electron chi connectivity index (χ3n) is 7.32. The summed E-state index contributed by atoms with van der Waals surface area (Å²) >= 11 is 6.18. The highest BCUT2D eigenvalue weighted by Crippen LogP contribution is 2.29. The van der Waals surface area contributed by atoms with Gasteiger partial charge in [0, 0.05) is 17.6 Å². The topological polar surface area (TPSA) is 86.8 Å². The Bertz CT molecular complexity index is 1410. The number of halogens is 1. The number of nitrogens with one attached hydrogen (secondary N) is 1. The highest BCUT2D eigenvalue weighted by Gasteiger charge is 2.35. The number of nitrogens with zero attached hydrogens (tertiary/aromatic N) is 2. The molecule has 7 nitrogen and oxygen atoms in total. The second kappa shape index (κ2) is 13.3. The fourth-order valence-corrected chi connectivity index (χ4v) is 6.93. The van der Waals surface area contributed by atoms with Crippen molar-refractivity contribution in [2.45, 2.75) is 69.5 Å². The number of rotatable bonds is 11. The molecule has 0 saturated heterocycles. The molecule has 40 heavy (non-hydrogen) atoms. The Kier molecular flexibility index (Phi) is 9.87. The molecule has 9 heteroatoms. The smallest absolute Gasteiger partial charge is 0.264 e.